The van der Waals surface area contributed by atoms with E-state index in [1.807, 2.05) is 0 Å². The van der Waals surface area contributed by atoms with Gasteiger partial charge in [0.1, 0.15) is 5.52 Å². The minimum Gasteiger partial charge on any atom is -0.461 e. The molecule has 1 saturated carbocycles. The Morgan fingerprint density at radius 3 is 2.62 bits per heavy atom. The van der Waals surface area contributed by atoms with Crippen molar-refractivity contribution in [1.82, 2.24) is 14.3 Å². The van der Waals surface area contributed by atoms with Gasteiger partial charge in [-0.25, -0.2) is 13.2 Å². The molecule has 0 atom stereocenters. The van der Waals surface area contributed by atoms with E-state index in [0.717, 1.165) is 0 Å². The van der Waals surface area contributed by atoms with E-state index in [2.05, 4.69) is 5.10 Å². The van der Waals surface area contributed by atoms with Crippen LogP contribution in [0, 0.1) is 0 Å². The topological polar surface area (TPSA) is 100 Å². The number of aryl methyl sites for hydroxylation is 1. The summed E-state index contributed by atoms with van der Waals surface area (Å²) in [5.74, 6) is -0.588. The van der Waals surface area contributed by atoms with Crippen molar-refractivity contribution in [1.29, 1.82) is 0 Å². The van der Waals surface area contributed by atoms with Gasteiger partial charge >= 0.3 is 5.97 Å². The fraction of sp³-hybridized carbons (Fsp3) is 0.533. The number of aromatic nitrogens is 3. The van der Waals surface area contributed by atoms with Crippen LogP contribution >= 0.6 is 0 Å². The maximum atomic E-state index is 12.7. The van der Waals surface area contributed by atoms with Crippen molar-refractivity contribution in [2.75, 3.05) is 12.9 Å². The quantitative estimate of drug-likeness (QED) is 0.725. The van der Waals surface area contributed by atoms with Gasteiger partial charge in [-0.2, -0.15) is 5.10 Å². The van der Waals surface area contributed by atoms with Crippen LogP contribution in [0.3, 0.4) is 0 Å². The standard InChI is InChI=1S/C15H19N3O5S/c1-4-23-14(20)11-10-5-8-18(13(19)12(10)17(2)16-11)9-15(6-7-15)24(3,21)22/h5,8H,4,6-7,9H2,1-3H3. The summed E-state index contributed by atoms with van der Waals surface area (Å²) in [6.45, 7) is 2.02. The van der Waals surface area contributed by atoms with E-state index >= 15 is 0 Å². The molecule has 0 aliphatic heterocycles. The molecule has 0 spiro atoms. The molecule has 1 fully saturated rings. The minimum absolute atomic E-state index is 0.0860. The summed E-state index contributed by atoms with van der Waals surface area (Å²) >= 11 is 0. The summed E-state index contributed by atoms with van der Waals surface area (Å²) in [6, 6.07) is 1.61. The molecule has 3 rings (SSSR count). The highest BCUT2D eigenvalue weighted by atomic mass is 32.2. The van der Waals surface area contributed by atoms with Gasteiger partial charge in [-0.1, -0.05) is 0 Å². The Morgan fingerprint density at radius 1 is 1.42 bits per heavy atom. The third kappa shape index (κ3) is 2.52. The smallest absolute Gasteiger partial charge is 0.359 e. The van der Waals surface area contributed by atoms with Crippen LogP contribution in [0.5, 0.6) is 0 Å². The van der Waals surface area contributed by atoms with Crippen LogP contribution in [0.2, 0.25) is 0 Å². The number of rotatable bonds is 5. The Kier molecular flexibility index (Phi) is 3.78. The molecule has 2 aromatic rings. The van der Waals surface area contributed by atoms with Gasteiger partial charge in [-0.3, -0.25) is 9.48 Å². The number of nitrogens with zero attached hydrogens (tertiary/aromatic N) is 3. The SMILES string of the molecule is CCOC(=O)c1nn(C)c2c(=O)n(CC3(S(C)(=O)=O)CC3)ccc12. The maximum absolute atomic E-state index is 12.7. The Labute approximate surface area is 138 Å². The average molecular weight is 353 g/mol. The van der Waals surface area contributed by atoms with Crippen molar-refractivity contribution in [3.63, 3.8) is 0 Å². The second-order valence-electron chi connectivity index (χ2n) is 6.16. The molecule has 0 bridgehead atoms. The number of ether oxygens (including phenoxy) is 1. The molecule has 1 aliphatic carbocycles. The molecule has 2 heterocycles. The molecule has 0 N–H and O–H groups in total. The van der Waals surface area contributed by atoms with Gasteiger partial charge in [0.25, 0.3) is 5.56 Å². The first-order valence-electron chi connectivity index (χ1n) is 7.63. The summed E-state index contributed by atoms with van der Waals surface area (Å²) < 4.78 is 30.7. The first-order chi connectivity index (χ1) is 11.2. The van der Waals surface area contributed by atoms with Crippen LogP contribution in [-0.4, -0.2) is 46.3 Å². The number of pyridine rings is 1. The molecular formula is C15H19N3O5S. The van der Waals surface area contributed by atoms with Crippen LogP contribution in [0.1, 0.15) is 30.3 Å². The molecule has 0 aromatic carbocycles. The second kappa shape index (κ2) is 5.44. The first kappa shape index (κ1) is 16.7. The third-order valence-electron chi connectivity index (χ3n) is 4.49. The largest absolute Gasteiger partial charge is 0.461 e. The van der Waals surface area contributed by atoms with Gasteiger partial charge < -0.3 is 9.30 Å². The van der Waals surface area contributed by atoms with E-state index in [0.29, 0.717) is 18.2 Å². The van der Waals surface area contributed by atoms with Crippen molar-refractivity contribution >= 4 is 26.7 Å². The maximum Gasteiger partial charge on any atom is 0.359 e. The molecule has 0 amide bonds. The molecule has 130 valence electrons. The zero-order chi connectivity index (χ0) is 17.7. The molecular weight excluding hydrogens is 334 g/mol. The van der Waals surface area contributed by atoms with Crippen LogP contribution in [0.15, 0.2) is 17.1 Å². The number of sulfone groups is 1. The molecule has 8 nitrogen and oxygen atoms in total. The molecule has 2 aromatic heterocycles. The fourth-order valence-corrected chi connectivity index (χ4v) is 4.11. The highest BCUT2D eigenvalue weighted by Crippen LogP contribution is 2.44. The summed E-state index contributed by atoms with van der Waals surface area (Å²) in [5.41, 5.74) is -0.0272. The van der Waals surface area contributed by atoms with E-state index in [1.54, 1.807) is 20.0 Å². The zero-order valence-electron chi connectivity index (χ0n) is 13.8. The van der Waals surface area contributed by atoms with E-state index in [-0.39, 0.29) is 29.9 Å². The normalized spacial score (nSPS) is 16.3. The number of fused-ring (bicyclic) bond motifs is 1. The molecule has 24 heavy (non-hydrogen) atoms. The van der Waals surface area contributed by atoms with Gasteiger partial charge in [0.15, 0.2) is 15.5 Å². The molecule has 1 aliphatic rings. The first-order valence-corrected chi connectivity index (χ1v) is 9.52. The van der Waals surface area contributed by atoms with Gasteiger partial charge in [-0.15, -0.1) is 0 Å². The Morgan fingerprint density at radius 2 is 2.08 bits per heavy atom. The zero-order valence-corrected chi connectivity index (χ0v) is 14.6. The predicted octanol–water partition coefficient (Wildman–Crippen LogP) is 0.489. The van der Waals surface area contributed by atoms with Gasteiger partial charge in [0.05, 0.1) is 11.4 Å². The summed E-state index contributed by atoms with van der Waals surface area (Å²) in [7, 11) is -1.67. The minimum atomic E-state index is -3.24. The Hall–Kier alpha value is -2.16. The second-order valence-corrected chi connectivity index (χ2v) is 8.57. The van der Waals surface area contributed by atoms with Crippen LogP contribution in [0.4, 0.5) is 0 Å². The molecule has 9 heteroatoms. The lowest BCUT2D eigenvalue weighted by Gasteiger charge is -2.15. The fourth-order valence-electron chi connectivity index (χ4n) is 2.89. The molecule has 0 unspecified atom stereocenters. The molecule has 0 radical (unpaired) electrons. The highest BCUT2D eigenvalue weighted by molar-refractivity contribution is 7.92. The van der Waals surface area contributed by atoms with Crippen molar-refractivity contribution < 1.29 is 17.9 Å². The third-order valence-corrected chi connectivity index (χ3v) is 6.60. The number of esters is 1. The summed E-state index contributed by atoms with van der Waals surface area (Å²) in [6.07, 6.45) is 3.82. The lowest BCUT2D eigenvalue weighted by atomic mass is 10.2. The van der Waals surface area contributed by atoms with Crippen LogP contribution < -0.4 is 5.56 Å². The van der Waals surface area contributed by atoms with E-state index in [4.69, 9.17) is 4.74 Å². The van der Waals surface area contributed by atoms with E-state index in [1.165, 1.54) is 21.7 Å². The number of carbonyl (C=O) groups is 1. The molecule has 0 saturated heterocycles. The van der Waals surface area contributed by atoms with Crippen LogP contribution in [-0.2, 0) is 28.2 Å². The number of hydrogen-bond donors (Lipinski definition) is 0. The van der Waals surface area contributed by atoms with Crippen molar-refractivity contribution in [3.05, 3.63) is 28.3 Å². The van der Waals surface area contributed by atoms with Gasteiger partial charge in [-0.05, 0) is 25.8 Å². The highest BCUT2D eigenvalue weighted by Gasteiger charge is 2.52. The summed E-state index contributed by atoms with van der Waals surface area (Å²) in [5, 5.41) is 4.49. The predicted molar refractivity (Wildman–Crippen MR) is 87.7 cm³/mol. The van der Waals surface area contributed by atoms with E-state index < -0.39 is 20.6 Å². The number of hydrogen-bond acceptors (Lipinski definition) is 6. The Bertz CT molecular complexity index is 982. The lowest BCUT2D eigenvalue weighted by Crippen LogP contribution is -2.33. The van der Waals surface area contributed by atoms with Gasteiger partial charge in [0, 0.05) is 31.4 Å². The monoisotopic (exact) mass is 353 g/mol. The van der Waals surface area contributed by atoms with Crippen LogP contribution in [0.25, 0.3) is 10.9 Å². The van der Waals surface area contributed by atoms with E-state index in [9.17, 15) is 18.0 Å². The van der Waals surface area contributed by atoms with Crippen molar-refractivity contribution in [3.8, 4) is 0 Å². The lowest BCUT2D eigenvalue weighted by molar-refractivity contribution is 0.0521. The van der Waals surface area contributed by atoms with Crippen molar-refractivity contribution in [2.45, 2.75) is 31.1 Å². The number of carbonyl (C=O) groups excluding carboxylic acids is 1. The average Bonchev–Trinajstić information content (AvgIpc) is 3.20. The Balaban J connectivity index is 2.08. The van der Waals surface area contributed by atoms with Crippen molar-refractivity contribution in [2.24, 2.45) is 7.05 Å². The van der Waals surface area contributed by atoms with Gasteiger partial charge in [0.2, 0.25) is 0 Å². The summed E-state index contributed by atoms with van der Waals surface area (Å²) in [4.78, 5) is 24.7.